The molecule has 1 unspecified atom stereocenters. The van der Waals surface area contributed by atoms with Gasteiger partial charge in [0.05, 0.1) is 13.0 Å². The number of hydrogen-bond acceptors (Lipinski definition) is 4. The third kappa shape index (κ3) is 3.47. The summed E-state index contributed by atoms with van der Waals surface area (Å²) in [6, 6.07) is 5.50. The molecule has 106 valence electrons. The van der Waals surface area contributed by atoms with Crippen molar-refractivity contribution in [2.45, 2.75) is 19.4 Å². The first-order valence-corrected chi connectivity index (χ1v) is 6.22. The summed E-state index contributed by atoms with van der Waals surface area (Å²) >= 11 is 0. The molecule has 0 radical (unpaired) electrons. The first-order valence-electron chi connectivity index (χ1n) is 6.22. The van der Waals surface area contributed by atoms with Crippen molar-refractivity contribution in [1.29, 1.82) is 0 Å². The maximum Gasteiger partial charge on any atom is 0.322 e. The van der Waals surface area contributed by atoms with Gasteiger partial charge in [-0.15, -0.1) is 0 Å². The molecule has 1 fully saturated rings. The standard InChI is InChI=1S/C13H15N3O4/c1-2-20-9-5-3-8(4-6-9)14-11(17)7-10-12(18)16-13(19)15-10/h3-6,10H,2,7H2,1H3,(H,14,17)(H2,15,16,18,19). The molecular weight excluding hydrogens is 262 g/mol. The van der Waals surface area contributed by atoms with Crippen LogP contribution in [0, 0.1) is 0 Å². The van der Waals surface area contributed by atoms with Crippen LogP contribution in [0.1, 0.15) is 13.3 Å². The van der Waals surface area contributed by atoms with Crippen molar-refractivity contribution in [3.05, 3.63) is 24.3 Å². The molecule has 0 aromatic heterocycles. The van der Waals surface area contributed by atoms with Crippen LogP contribution in [-0.2, 0) is 9.59 Å². The van der Waals surface area contributed by atoms with Crippen LogP contribution < -0.4 is 20.7 Å². The van der Waals surface area contributed by atoms with Crippen LogP contribution in [0.5, 0.6) is 5.75 Å². The number of hydrogen-bond donors (Lipinski definition) is 3. The molecule has 7 heteroatoms. The Kier molecular flexibility index (Phi) is 4.19. The number of rotatable bonds is 5. The van der Waals surface area contributed by atoms with Crippen molar-refractivity contribution in [1.82, 2.24) is 10.6 Å². The van der Waals surface area contributed by atoms with Gasteiger partial charge < -0.3 is 15.4 Å². The second-order valence-corrected chi connectivity index (χ2v) is 4.22. The number of nitrogens with one attached hydrogen (secondary N) is 3. The number of carbonyl (C=O) groups is 3. The molecule has 1 aliphatic heterocycles. The second-order valence-electron chi connectivity index (χ2n) is 4.22. The van der Waals surface area contributed by atoms with E-state index in [1.54, 1.807) is 24.3 Å². The van der Waals surface area contributed by atoms with Gasteiger partial charge in [-0.3, -0.25) is 14.9 Å². The molecule has 1 heterocycles. The fourth-order valence-corrected chi connectivity index (χ4v) is 1.80. The smallest absolute Gasteiger partial charge is 0.322 e. The quantitative estimate of drug-likeness (QED) is 0.687. The molecule has 1 aromatic carbocycles. The summed E-state index contributed by atoms with van der Waals surface area (Å²) in [5.41, 5.74) is 0.600. The fraction of sp³-hybridized carbons (Fsp3) is 0.308. The normalized spacial score (nSPS) is 17.4. The molecular formula is C13H15N3O4. The molecule has 1 aliphatic rings. The molecule has 20 heavy (non-hydrogen) atoms. The third-order valence-corrected chi connectivity index (χ3v) is 2.70. The van der Waals surface area contributed by atoms with Gasteiger partial charge in [0.15, 0.2) is 0 Å². The average molecular weight is 277 g/mol. The molecule has 0 aliphatic carbocycles. The van der Waals surface area contributed by atoms with Gasteiger partial charge in [0.1, 0.15) is 11.8 Å². The predicted octanol–water partition coefficient (Wildman–Crippen LogP) is 0.622. The van der Waals surface area contributed by atoms with Gasteiger partial charge in [-0.1, -0.05) is 0 Å². The summed E-state index contributed by atoms with van der Waals surface area (Å²) in [6.07, 6.45) is -0.106. The topological polar surface area (TPSA) is 96.5 Å². The van der Waals surface area contributed by atoms with Gasteiger partial charge in [0.25, 0.3) is 5.91 Å². The molecule has 7 nitrogen and oxygen atoms in total. The molecule has 0 spiro atoms. The van der Waals surface area contributed by atoms with Crippen LogP contribution in [0.4, 0.5) is 10.5 Å². The Bertz CT molecular complexity index is 527. The summed E-state index contributed by atoms with van der Waals surface area (Å²) in [5.74, 6) is -0.124. The number of ether oxygens (including phenoxy) is 1. The van der Waals surface area contributed by atoms with E-state index in [0.29, 0.717) is 18.0 Å². The molecule has 1 aromatic rings. The highest BCUT2D eigenvalue weighted by Gasteiger charge is 2.31. The molecule has 0 saturated carbocycles. The lowest BCUT2D eigenvalue weighted by Gasteiger charge is -2.09. The van der Waals surface area contributed by atoms with Gasteiger partial charge in [-0.05, 0) is 31.2 Å². The number of benzene rings is 1. The van der Waals surface area contributed by atoms with E-state index in [9.17, 15) is 14.4 Å². The Balaban J connectivity index is 1.88. The summed E-state index contributed by atoms with van der Waals surface area (Å²) in [5, 5.41) is 7.09. The Morgan fingerprint density at radius 2 is 2.00 bits per heavy atom. The van der Waals surface area contributed by atoms with E-state index in [-0.39, 0.29) is 12.3 Å². The first-order chi connectivity index (χ1) is 9.58. The van der Waals surface area contributed by atoms with Gasteiger partial charge in [-0.2, -0.15) is 0 Å². The maximum absolute atomic E-state index is 11.8. The number of amides is 4. The summed E-state index contributed by atoms with van der Waals surface area (Å²) in [6.45, 7) is 2.46. The third-order valence-electron chi connectivity index (χ3n) is 2.70. The van der Waals surface area contributed by atoms with Crippen LogP contribution >= 0.6 is 0 Å². The van der Waals surface area contributed by atoms with Gasteiger partial charge >= 0.3 is 6.03 Å². The number of anilines is 1. The Morgan fingerprint density at radius 3 is 2.55 bits per heavy atom. The summed E-state index contributed by atoms with van der Waals surface area (Å²) in [7, 11) is 0. The van der Waals surface area contributed by atoms with E-state index in [2.05, 4.69) is 16.0 Å². The second kappa shape index (κ2) is 6.05. The molecule has 0 bridgehead atoms. The van der Waals surface area contributed by atoms with Crippen molar-refractivity contribution in [2.24, 2.45) is 0 Å². The van der Waals surface area contributed by atoms with Crippen molar-refractivity contribution in [2.75, 3.05) is 11.9 Å². The monoisotopic (exact) mass is 277 g/mol. The lowest BCUT2D eigenvalue weighted by atomic mass is 10.2. The number of urea groups is 1. The number of imide groups is 1. The van der Waals surface area contributed by atoms with Crippen LogP contribution in [-0.4, -0.2) is 30.5 Å². The van der Waals surface area contributed by atoms with Crippen molar-refractivity contribution < 1.29 is 19.1 Å². The Morgan fingerprint density at radius 1 is 1.30 bits per heavy atom. The van der Waals surface area contributed by atoms with Crippen molar-refractivity contribution >= 4 is 23.5 Å². The van der Waals surface area contributed by atoms with Crippen LogP contribution in [0.15, 0.2) is 24.3 Å². The van der Waals surface area contributed by atoms with Crippen LogP contribution in [0.25, 0.3) is 0 Å². The zero-order chi connectivity index (χ0) is 14.5. The Labute approximate surface area is 115 Å². The molecule has 1 atom stereocenters. The predicted molar refractivity (Wildman–Crippen MR) is 71.3 cm³/mol. The van der Waals surface area contributed by atoms with E-state index in [4.69, 9.17) is 4.74 Å². The van der Waals surface area contributed by atoms with Crippen molar-refractivity contribution in [3.63, 3.8) is 0 Å². The van der Waals surface area contributed by atoms with E-state index < -0.39 is 18.0 Å². The highest BCUT2D eigenvalue weighted by molar-refractivity contribution is 6.06. The van der Waals surface area contributed by atoms with E-state index in [1.807, 2.05) is 6.92 Å². The molecule has 3 N–H and O–H groups in total. The van der Waals surface area contributed by atoms with E-state index in [1.165, 1.54) is 0 Å². The van der Waals surface area contributed by atoms with Gasteiger partial charge in [0, 0.05) is 5.69 Å². The maximum atomic E-state index is 11.8. The summed E-state index contributed by atoms with van der Waals surface area (Å²) < 4.78 is 5.29. The van der Waals surface area contributed by atoms with Gasteiger partial charge in [-0.25, -0.2) is 4.79 Å². The average Bonchev–Trinajstić information content (AvgIpc) is 2.70. The highest BCUT2D eigenvalue weighted by atomic mass is 16.5. The zero-order valence-electron chi connectivity index (χ0n) is 10.9. The largest absolute Gasteiger partial charge is 0.494 e. The van der Waals surface area contributed by atoms with E-state index in [0.717, 1.165) is 0 Å². The highest BCUT2D eigenvalue weighted by Crippen LogP contribution is 2.16. The van der Waals surface area contributed by atoms with E-state index >= 15 is 0 Å². The summed E-state index contributed by atoms with van der Waals surface area (Å²) in [4.78, 5) is 34.0. The fourth-order valence-electron chi connectivity index (χ4n) is 1.80. The minimum atomic E-state index is -0.815. The SMILES string of the molecule is CCOc1ccc(NC(=O)CC2NC(=O)NC2=O)cc1. The molecule has 2 rings (SSSR count). The van der Waals surface area contributed by atoms with Crippen molar-refractivity contribution in [3.8, 4) is 5.75 Å². The minimum absolute atomic E-state index is 0.106. The minimum Gasteiger partial charge on any atom is -0.494 e. The molecule has 1 saturated heterocycles. The lowest BCUT2D eigenvalue weighted by molar-refractivity contribution is -0.124. The van der Waals surface area contributed by atoms with Gasteiger partial charge in [0.2, 0.25) is 5.91 Å². The first kappa shape index (κ1) is 13.9. The number of carbonyl (C=O) groups excluding carboxylic acids is 3. The van der Waals surface area contributed by atoms with Crippen LogP contribution in [0.2, 0.25) is 0 Å². The zero-order valence-corrected chi connectivity index (χ0v) is 10.9. The molecule has 4 amide bonds. The van der Waals surface area contributed by atoms with Crippen LogP contribution in [0.3, 0.4) is 0 Å². The Hall–Kier alpha value is -2.57. The lowest BCUT2D eigenvalue weighted by Crippen LogP contribution is -2.33.